The fraction of sp³-hybridized carbons (Fsp3) is 0.0952. The Labute approximate surface area is 174 Å². The number of alkyl halides is 3. The summed E-state index contributed by atoms with van der Waals surface area (Å²) in [6.07, 6.45) is -3.60. The third-order valence-electron chi connectivity index (χ3n) is 4.08. The Bertz CT molecular complexity index is 1110. The van der Waals surface area contributed by atoms with E-state index in [9.17, 15) is 22.8 Å². The molecule has 1 aromatic heterocycles. The number of nitrogens with one attached hydrogen (secondary N) is 1. The summed E-state index contributed by atoms with van der Waals surface area (Å²) in [6.45, 7) is 0. The number of nitrogens with zero attached hydrogens (tertiary/aromatic N) is 1. The lowest BCUT2D eigenvalue weighted by atomic mass is 10.1. The number of carbonyl (C=O) groups excluding carboxylic acids is 1. The molecule has 0 bridgehead atoms. The molecule has 1 heterocycles. The number of ether oxygens (including phenoxy) is 2. The monoisotopic (exact) mass is 432 g/mol. The molecule has 0 fully saturated rings. The number of para-hydroxylation sites is 2. The quantitative estimate of drug-likeness (QED) is 0.578. The van der Waals surface area contributed by atoms with Crippen LogP contribution in [0.4, 0.5) is 18.9 Å². The summed E-state index contributed by atoms with van der Waals surface area (Å²) >= 11 is 0. The Kier molecular flexibility index (Phi) is 6.10. The van der Waals surface area contributed by atoms with E-state index in [4.69, 9.17) is 14.6 Å². The highest BCUT2D eigenvalue weighted by atomic mass is 19.4. The first-order chi connectivity index (χ1) is 14.7. The van der Waals surface area contributed by atoms with E-state index in [-0.39, 0.29) is 28.4 Å². The van der Waals surface area contributed by atoms with Gasteiger partial charge in [0, 0.05) is 0 Å². The summed E-state index contributed by atoms with van der Waals surface area (Å²) in [5.74, 6) is -1.78. The van der Waals surface area contributed by atoms with Gasteiger partial charge in [-0.05, 0) is 42.5 Å². The Hall–Kier alpha value is -4.08. The molecule has 160 valence electrons. The topological polar surface area (TPSA) is 97.8 Å². The van der Waals surface area contributed by atoms with Crippen molar-refractivity contribution in [2.45, 2.75) is 6.18 Å². The van der Waals surface area contributed by atoms with Crippen LogP contribution in [0.5, 0.6) is 17.2 Å². The van der Waals surface area contributed by atoms with Crippen LogP contribution >= 0.6 is 0 Å². The molecule has 2 N–H and O–H groups in total. The number of rotatable bonds is 6. The molecule has 0 atom stereocenters. The molecule has 1 amide bonds. The van der Waals surface area contributed by atoms with E-state index in [0.29, 0.717) is 11.8 Å². The number of hydrogen-bond acceptors (Lipinski definition) is 5. The number of aromatic nitrogens is 1. The fourth-order valence-electron chi connectivity index (χ4n) is 2.59. The molecule has 0 aliphatic heterocycles. The summed E-state index contributed by atoms with van der Waals surface area (Å²) in [5, 5.41) is 11.3. The van der Waals surface area contributed by atoms with Gasteiger partial charge >= 0.3 is 12.1 Å². The number of anilines is 1. The van der Waals surface area contributed by atoms with Gasteiger partial charge < -0.3 is 19.9 Å². The average Bonchev–Trinajstić information content (AvgIpc) is 2.74. The number of benzene rings is 2. The molecule has 0 saturated carbocycles. The number of carboxylic acid groups (broad SMARTS) is 1. The summed E-state index contributed by atoms with van der Waals surface area (Å²) in [7, 11) is 1.40. The molecule has 0 saturated heterocycles. The van der Waals surface area contributed by atoms with Gasteiger partial charge in [-0.1, -0.05) is 12.1 Å². The second kappa shape index (κ2) is 8.74. The number of hydrogen-bond donors (Lipinski definition) is 2. The van der Waals surface area contributed by atoms with Crippen LogP contribution in [0.25, 0.3) is 0 Å². The van der Waals surface area contributed by atoms with Crippen LogP contribution in [0.2, 0.25) is 0 Å². The Morgan fingerprint density at radius 2 is 1.71 bits per heavy atom. The normalized spacial score (nSPS) is 11.0. The van der Waals surface area contributed by atoms with Crippen molar-refractivity contribution >= 4 is 17.6 Å². The van der Waals surface area contributed by atoms with E-state index in [0.717, 1.165) is 24.4 Å². The molecule has 0 unspecified atom stereocenters. The van der Waals surface area contributed by atoms with Crippen molar-refractivity contribution < 1.29 is 37.3 Å². The first-order valence-electron chi connectivity index (χ1n) is 8.72. The van der Waals surface area contributed by atoms with Crippen LogP contribution in [0.3, 0.4) is 0 Å². The molecule has 7 nitrogen and oxygen atoms in total. The zero-order chi connectivity index (χ0) is 22.6. The minimum atomic E-state index is -4.68. The Morgan fingerprint density at radius 3 is 2.29 bits per heavy atom. The highest BCUT2D eigenvalue weighted by Crippen LogP contribution is 2.36. The maximum absolute atomic E-state index is 13.2. The molecule has 0 aliphatic carbocycles. The van der Waals surface area contributed by atoms with Crippen LogP contribution in [0.1, 0.15) is 26.4 Å². The molecule has 0 radical (unpaired) electrons. The van der Waals surface area contributed by atoms with Crippen LogP contribution < -0.4 is 14.8 Å². The molecule has 3 rings (SSSR count). The molecule has 2 aromatic carbocycles. The number of amides is 1. The molecule has 10 heteroatoms. The van der Waals surface area contributed by atoms with Gasteiger partial charge in [-0.3, -0.25) is 4.79 Å². The van der Waals surface area contributed by atoms with E-state index in [1.54, 1.807) is 18.2 Å². The minimum absolute atomic E-state index is 0.0932. The predicted molar refractivity (Wildman–Crippen MR) is 104 cm³/mol. The van der Waals surface area contributed by atoms with Gasteiger partial charge in [0.15, 0.2) is 11.5 Å². The standard InChI is InChI=1S/C21H15F3N2O5/c1-30-17-4-2-3-5-18(17)31-16-9-6-12(21(22,23)24)10-14(16)19(27)26-13-7-8-15(20(28)29)25-11-13/h2-11H,1H3,(H,26,27)(H,28,29). The zero-order valence-corrected chi connectivity index (χ0v) is 15.9. The summed E-state index contributed by atoms with van der Waals surface area (Å²) < 4.78 is 50.4. The van der Waals surface area contributed by atoms with Crippen molar-refractivity contribution in [1.82, 2.24) is 4.98 Å². The van der Waals surface area contributed by atoms with Gasteiger partial charge in [0.1, 0.15) is 11.4 Å². The lowest BCUT2D eigenvalue weighted by Gasteiger charge is -2.15. The summed E-state index contributed by atoms with van der Waals surface area (Å²) in [6, 6.07) is 11.4. The highest BCUT2D eigenvalue weighted by Gasteiger charge is 2.32. The van der Waals surface area contributed by atoms with Crippen LogP contribution in [-0.4, -0.2) is 29.1 Å². The summed E-state index contributed by atoms with van der Waals surface area (Å²) in [5.41, 5.74) is -1.58. The molecule has 31 heavy (non-hydrogen) atoms. The Balaban J connectivity index is 1.97. The van der Waals surface area contributed by atoms with Crippen LogP contribution in [0, 0.1) is 0 Å². The van der Waals surface area contributed by atoms with Gasteiger partial charge in [-0.2, -0.15) is 13.2 Å². The third kappa shape index (κ3) is 5.10. The molecule has 0 spiro atoms. The molecule has 3 aromatic rings. The summed E-state index contributed by atoms with van der Waals surface area (Å²) in [4.78, 5) is 27.3. The van der Waals surface area contributed by atoms with Crippen molar-refractivity contribution in [3.8, 4) is 17.2 Å². The van der Waals surface area contributed by atoms with Crippen molar-refractivity contribution in [2.24, 2.45) is 0 Å². The minimum Gasteiger partial charge on any atom is -0.493 e. The van der Waals surface area contributed by atoms with E-state index in [1.807, 2.05) is 0 Å². The number of halogens is 3. The van der Waals surface area contributed by atoms with Crippen molar-refractivity contribution in [3.63, 3.8) is 0 Å². The van der Waals surface area contributed by atoms with E-state index < -0.39 is 23.6 Å². The number of methoxy groups -OCH3 is 1. The van der Waals surface area contributed by atoms with Gasteiger partial charge in [-0.25, -0.2) is 9.78 Å². The SMILES string of the molecule is COc1ccccc1Oc1ccc(C(F)(F)F)cc1C(=O)Nc1ccc(C(=O)O)nc1. The van der Waals surface area contributed by atoms with Crippen molar-refractivity contribution in [2.75, 3.05) is 12.4 Å². The first-order valence-corrected chi connectivity index (χ1v) is 8.72. The van der Waals surface area contributed by atoms with Gasteiger partial charge in [-0.15, -0.1) is 0 Å². The number of carboxylic acids is 1. The van der Waals surface area contributed by atoms with Crippen molar-refractivity contribution in [3.05, 3.63) is 77.6 Å². The number of carbonyl (C=O) groups is 2. The zero-order valence-electron chi connectivity index (χ0n) is 15.9. The molecular formula is C21H15F3N2O5. The lowest BCUT2D eigenvalue weighted by Crippen LogP contribution is -2.15. The smallest absolute Gasteiger partial charge is 0.416 e. The van der Waals surface area contributed by atoms with E-state index >= 15 is 0 Å². The lowest BCUT2D eigenvalue weighted by molar-refractivity contribution is -0.137. The van der Waals surface area contributed by atoms with Crippen molar-refractivity contribution in [1.29, 1.82) is 0 Å². The molecular weight excluding hydrogens is 417 g/mol. The fourth-order valence-corrected chi connectivity index (χ4v) is 2.59. The maximum atomic E-state index is 13.2. The molecule has 0 aliphatic rings. The van der Waals surface area contributed by atoms with Gasteiger partial charge in [0.2, 0.25) is 0 Å². The maximum Gasteiger partial charge on any atom is 0.416 e. The predicted octanol–water partition coefficient (Wildman–Crippen LogP) is 4.85. The Morgan fingerprint density at radius 1 is 1.00 bits per heavy atom. The number of pyridine rings is 1. The second-order valence-electron chi connectivity index (χ2n) is 6.15. The first kappa shape index (κ1) is 21.6. The van der Waals surface area contributed by atoms with E-state index in [2.05, 4.69) is 10.3 Å². The average molecular weight is 432 g/mol. The van der Waals surface area contributed by atoms with Gasteiger partial charge in [0.05, 0.1) is 30.1 Å². The third-order valence-corrected chi connectivity index (χ3v) is 4.08. The van der Waals surface area contributed by atoms with Crippen LogP contribution in [-0.2, 0) is 6.18 Å². The highest BCUT2D eigenvalue weighted by molar-refractivity contribution is 6.06. The van der Waals surface area contributed by atoms with Crippen LogP contribution in [0.15, 0.2) is 60.8 Å². The second-order valence-corrected chi connectivity index (χ2v) is 6.15. The largest absolute Gasteiger partial charge is 0.493 e. The number of aromatic carboxylic acids is 1. The van der Waals surface area contributed by atoms with E-state index in [1.165, 1.54) is 19.2 Å². The van der Waals surface area contributed by atoms with Gasteiger partial charge in [0.25, 0.3) is 5.91 Å².